The molecule has 0 aromatic heterocycles. The third-order valence-corrected chi connectivity index (χ3v) is 7.37. The molecule has 1 atom stereocenters. The Balaban J connectivity index is 1.47. The van der Waals surface area contributed by atoms with Crippen LogP contribution in [-0.4, -0.2) is 55.5 Å². The molecule has 6 heteroatoms. The summed E-state index contributed by atoms with van der Waals surface area (Å²) >= 11 is 0. The van der Waals surface area contributed by atoms with Gasteiger partial charge in [0.05, 0.1) is 17.1 Å². The predicted octanol–water partition coefficient (Wildman–Crippen LogP) is 2.46. The minimum Gasteiger partial charge on any atom is -0.478 e. The summed E-state index contributed by atoms with van der Waals surface area (Å²) in [6, 6.07) is 7.23. The molecule has 2 aliphatic rings. The van der Waals surface area contributed by atoms with E-state index in [0.717, 1.165) is 57.3 Å². The van der Waals surface area contributed by atoms with Crippen molar-refractivity contribution in [1.82, 2.24) is 4.90 Å². The molecular formula is C19H27NO4S. The van der Waals surface area contributed by atoms with Crippen molar-refractivity contribution < 1.29 is 18.3 Å². The molecule has 1 aromatic carbocycles. The van der Waals surface area contributed by atoms with Gasteiger partial charge in [0.2, 0.25) is 0 Å². The number of sulfone groups is 1. The molecule has 1 N–H and O–H groups in total. The SMILES string of the molecule is O=C(O)c1cccc(CC2CCN(CC3CCCS(=O)(=O)C3)CC2)c1. The third-order valence-electron chi connectivity index (χ3n) is 5.48. The Morgan fingerprint density at radius 3 is 2.60 bits per heavy atom. The van der Waals surface area contributed by atoms with Gasteiger partial charge in [-0.2, -0.15) is 0 Å². The van der Waals surface area contributed by atoms with Crippen LogP contribution in [0.3, 0.4) is 0 Å². The van der Waals surface area contributed by atoms with E-state index in [9.17, 15) is 13.2 Å². The maximum absolute atomic E-state index is 11.8. The van der Waals surface area contributed by atoms with Gasteiger partial charge >= 0.3 is 5.97 Å². The van der Waals surface area contributed by atoms with Crippen LogP contribution in [0.2, 0.25) is 0 Å². The lowest BCUT2D eigenvalue weighted by atomic mass is 9.89. The number of hydrogen-bond donors (Lipinski definition) is 1. The molecule has 2 aliphatic heterocycles. The molecular weight excluding hydrogens is 338 g/mol. The van der Waals surface area contributed by atoms with Crippen molar-refractivity contribution in [2.24, 2.45) is 11.8 Å². The zero-order chi connectivity index (χ0) is 17.9. The minimum absolute atomic E-state index is 0.294. The van der Waals surface area contributed by atoms with E-state index in [1.165, 1.54) is 0 Å². The van der Waals surface area contributed by atoms with Crippen molar-refractivity contribution in [1.29, 1.82) is 0 Å². The first-order valence-corrected chi connectivity index (χ1v) is 11.0. The van der Waals surface area contributed by atoms with Crippen molar-refractivity contribution in [3.05, 3.63) is 35.4 Å². The third kappa shape index (κ3) is 5.28. The number of carboxylic acid groups (broad SMARTS) is 1. The zero-order valence-electron chi connectivity index (χ0n) is 14.6. The number of benzene rings is 1. The summed E-state index contributed by atoms with van der Waals surface area (Å²) in [7, 11) is -2.82. The Bertz CT molecular complexity index is 708. The van der Waals surface area contributed by atoms with Gasteiger partial charge in [0, 0.05) is 6.54 Å². The highest BCUT2D eigenvalue weighted by atomic mass is 32.2. The fourth-order valence-corrected chi connectivity index (χ4v) is 5.93. The molecule has 0 amide bonds. The van der Waals surface area contributed by atoms with E-state index in [4.69, 9.17) is 5.11 Å². The highest BCUT2D eigenvalue weighted by Crippen LogP contribution is 2.25. The number of nitrogens with zero attached hydrogens (tertiary/aromatic N) is 1. The van der Waals surface area contributed by atoms with Gasteiger partial charge in [0.1, 0.15) is 0 Å². The molecule has 0 spiro atoms. The van der Waals surface area contributed by atoms with Crippen molar-refractivity contribution in [2.75, 3.05) is 31.1 Å². The first-order valence-electron chi connectivity index (χ1n) is 9.16. The van der Waals surface area contributed by atoms with Crippen LogP contribution < -0.4 is 0 Å². The number of carbonyl (C=O) groups is 1. The highest BCUT2D eigenvalue weighted by molar-refractivity contribution is 7.91. The summed E-state index contributed by atoms with van der Waals surface area (Å²) in [6.07, 6.45) is 4.95. The molecule has 1 aromatic rings. The molecule has 138 valence electrons. The molecule has 2 saturated heterocycles. The second-order valence-corrected chi connectivity index (χ2v) is 9.80. The van der Waals surface area contributed by atoms with E-state index < -0.39 is 15.8 Å². The first-order chi connectivity index (χ1) is 11.9. The maximum atomic E-state index is 11.8. The highest BCUT2D eigenvalue weighted by Gasteiger charge is 2.28. The van der Waals surface area contributed by atoms with E-state index in [0.29, 0.717) is 28.9 Å². The Morgan fingerprint density at radius 1 is 1.16 bits per heavy atom. The van der Waals surface area contributed by atoms with Gasteiger partial charge in [0.15, 0.2) is 9.84 Å². The molecule has 0 saturated carbocycles. The molecule has 0 bridgehead atoms. The van der Waals surface area contributed by atoms with Crippen molar-refractivity contribution in [3.8, 4) is 0 Å². The van der Waals surface area contributed by atoms with E-state index >= 15 is 0 Å². The lowest BCUT2D eigenvalue weighted by molar-refractivity contribution is 0.0696. The van der Waals surface area contributed by atoms with Crippen molar-refractivity contribution in [3.63, 3.8) is 0 Å². The molecule has 1 unspecified atom stereocenters. The minimum atomic E-state index is -2.82. The van der Waals surface area contributed by atoms with E-state index in [1.807, 2.05) is 12.1 Å². The number of aromatic carboxylic acids is 1. The van der Waals surface area contributed by atoms with Gasteiger partial charge in [-0.05, 0) is 74.7 Å². The molecule has 3 rings (SSSR count). The quantitative estimate of drug-likeness (QED) is 0.868. The van der Waals surface area contributed by atoms with Crippen molar-refractivity contribution in [2.45, 2.75) is 32.1 Å². The Hall–Kier alpha value is -1.40. The predicted molar refractivity (Wildman–Crippen MR) is 97.6 cm³/mol. The number of piperidine rings is 1. The number of likely N-dealkylation sites (tertiary alicyclic amines) is 1. The largest absolute Gasteiger partial charge is 0.478 e. The fraction of sp³-hybridized carbons (Fsp3) is 0.632. The smallest absolute Gasteiger partial charge is 0.335 e. The second kappa shape index (κ2) is 7.87. The normalized spacial score (nSPS) is 24.9. The van der Waals surface area contributed by atoms with Gasteiger partial charge in [-0.3, -0.25) is 0 Å². The average molecular weight is 365 g/mol. The van der Waals surface area contributed by atoms with Crippen LogP contribution in [0.25, 0.3) is 0 Å². The Morgan fingerprint density at radius 2 is 1.92 bits per heavy atom. The summed E-state index contributed by atoms with van der Waals surface area (Å²) in [5.41, 5.74) is 1.45. The molecule has 0 radical (unpaired) electrons. The molecule has 0 aliphatic carbocycles. The van der Waals surface area contributed by atoms with Crippen LogP contribution in [0.15, 0.2) is 24.3 Å². The molecule has 25 heavy (non-hydrogen) atoms. The fourth-order valence-electron chi connectivity index (χ4n) is 4.16. The summed E-state index contributed by atoms with van der Waals surface area (Å²) < 4.78 is 23.5. The summed E-state index contributed by atoms with van der Waals surface area (Å²) in [4.78, 5) is 13.5. The number of carboxylic acids is 1. The molecule has 2 fully saturated rings. The standard InChI is InChI=1S/C19H27NO4S/c21-19(22)18-5-1-3-16(12-18)11-15-6-8-20(9-7-15)13-17-4-2-10-25(23,24)14-17/h1,3,5,12,15,17H,2,4,6-11,13-14H2,(H,21,22). The van der Waals surface area contributed by atoms with Gasteiger partial charge in [-0.25, -0.2) is 13.2 Å². The lowest BCUT2D eigenvalue weighted by Gasteiger charge is -2.35. The number of rotatable bonds is 5. The zero-order valence-corrected chi connectivity index (χ0v) is 15.4. The van der Waals surface area contributed by atoms with E-state index in [1.54, 1.807) is 12.1 Å². The van der Waals surface area contributed by atoms with E-state index in [-0.39, 0.29) is 0 Å². The molecule has 2 heterocycles. The van der Waals surface area contributed by atoms with Gasteiger partial charge in [-0.1, -0.05) is 12.1 Å². The number of hydrogen-bond acceptors (Lipinski definition) is 4. The van der Waals surface area contributed by atoms with Crippen LogP contribution in [0.1, 0.15) is 41.6 Å². The lowest BCUT2D eigenvalue weighted by Crippen LogP contribution is -2.40. The molecule has 5 nitrogen and oxygen atoms in total. The van der Waals surface area contributed by atoms with Gasteiger partial charge in [-0.15, -0.1) is 0 Å². The van der Waals surface area contributed by atoms with Crippen LogP contribution in [-0.2, 0) is 16.3 Å². The monoisotopic (exact) mass is 365 g/mol. The summed E-state index contributed by atoms with van der Waals surface area (Å²) in [6.45, 7) is 2.93. The van der Waals surface area contributed by atoms with E-state index in [2.05, 4.69) is 4.90 Å². The van der Waals surface area contributed by atoms with Crippen LogP contribution in [0, 0.1) is 11.8 Å². The Kier molecular flexibility index (Phi) is 5.79. The Labute approximate surface area is 150 Å². The van der Waals surface area contributed by atoms with Crippen LogP contribution >= 0.6 is 0 Å². The van der Waals surface area contributed by atoms with Crippen LogP contribution in [0.4, 0.5) is 0 Å². The second-order valence-electron chi connectivity index (χ2n) is 7.58. The summed E-state index contributed by atoms with van der Waals surface area (Å²) in [5.74, 6) is 0.715. The maximum Gasteiger partial charge on any atom is 0.335 e. The van der Waals surface area contributed by atoms with Gasteiger partial charge < -0.3 is 10.0 Å². The first kappa shape index (κ1) is 18.4. The van der Waals surface area contributed by atoms with Crippen molar-refractivity contribution >= 4 is 15.8 Å². The topological polar surface area (TPSA) is 74.7 Å². The average Bonchev–Trinajstić information content (AvgIpc) is 2.56. The van der Waals surface area contributed by atoms with Gasteiger partial charge in [0.25, 0.3) is 0 Å². The van der Waals surface area contributed by atoms with Crippen LogP contribution in [0.5, 0.6) is 0 Å². The summed E-state index contributed by atoms with van der Waals surface area (Å²) in [5, 5.41) is 9.09.